The third-order valence-electron chi connectivity index (χ3n) is 4.44. The molecule has 0 saturated heterocycles. The van der Waals surface area contributed by atoms with Crippen LogP contribution in [0.15, 0.2) is 0 Å². The zero-order valence-corrected chi connectivity index (χ0v) is 14.3. The molecular formula is C17H30N4. The van der Waals surface area contributed by atoms with Crippen LogP contribution in [0.2, 0.25) is 0 Å². The number of rotatable bonds is 4. The fraction of sp³-hybridized carbons (Fsp3) is 0.765. The largest absolute Gasteiger partial charge is 0.373 e. The topological polar surface area (TPSA) is 49.8 Å². The van der Waals surface area contributed by atoms with E-state index in [1.807, 2.05) is 7.05 Å². The zero-order valence-electron chi connectivity index (χ0n) is 14.3. The van der Waals surface area contributed by atoms with Crippen LogP contribution in [0.4, 0.5) is 11.6 Å². The van der Waals surface area contributed by atoms with E-state index in [9.17, 15) is 0 Å². The Balaban J connectivity index is 2.24. The maximum atomic E-state index is 4.76. The predicted octanol–water partition coefficient (Wildman–Crippen LogP) is 4.19. The molecule has 1 aromatic rings. The smallest absolute Gasteiger partial charge is 0.135 e. The summed E-state index contributed by atoms with van der Waals surface area (Å²) in [6.45, 7) is 11.1. The van der Waals surface area contributed by atoms with E-state index in [2.05, 4.69) is 50.2 Å². The molecule has 0 amide bonds. The van der Waals surface area contributed by atoms with Gasteiger partial charge in [0.15, 0.2) is 0 Å². The molecule has 118 valence electrons. The van der Waals surface area contributed by atoms with E-state index in [1.165, 1.54) is 19.3 Å². The summed E-state index contributed by atoms with van der Waals surface area (Å²) in [7, 11) is 1.92. The molecule has 1 saturated carbocycles. The first-order valence-electron chi connectivity index (χ1n) is 8.23. The van der Waals surface area contributed by atoms with Crippen molar-refractivity contribution in [2.45, 2.75) is 65.8 Å². The summed E-state index contributed by atoms with van der Waals surface area (Å²) in [6, 6.07) is 0.530. The van der Waals surface area contributed by atoms with Gasteiger partial charge in [0.25, 0.3) is 0 Å². The Morgan fingerprint density at radius 3 is 2.10 bits per heavy atom. The Morgan fingerprint density at radius 1 is 1.00 bits per heavy atom. The van der Waals surface area contributed by atoms with Crippen molar-refractivity contribution in [2.24, 2.45) is 11.8 Å². The molecule has 1 aromatic heterocycles. The molecule has 4 nitrogen and oxygen atoms in total. The third kappa shape index (κ3) is 3.86. The summed E-state index contributed by atoms with van der Waals surface area (Å²) in [5.41, 5.74) is 1.12. The minimum atomic E-state index is 0.336. The quantitative estimate of drug-likeness (QED) is 0.873. The van der Waals surface area contributed by atoms with Gasteiger partial charge in [0.05, 0.1) is 0 Å². The molecule has 1 heterocycles. The number of nitrogens with one attached hydrogen (secondary N) is 2. The Bertz CT molecular complexity index is 474. The number of hydrogen-bond acceptors (Lipinski definition) is 4. The van der Waals surface area contributed by atoms with Crippen LogP contribution >= 0.6 is 0 Å². The highest BCUT2D eigenvalue weighted by molar-refractivity contribution is 5.57. The molecule has 2 N–H and O–H groups in total. The molecule has 1 aliphatic carbocycles. The molecular weight excluding hydrogens is 260 g/mol. The lowest BCUT2D eigenvalue weighted by Gasteiger charge is -2.32. The summed E-state index contributed by atoms with van der Waals surface area (Å²) >= 11 is 0. The van der Waals surface area contributed by atoms with Gasteiger partial charge in [0, 0.05) is 24.6 Å². The fourth-order valence-electron chi connectivity index (χ4n) is 3.43. The van der Waals surface area contributed by atoms with Crippen LogP contribution in [0.5, 0.6) is 0 Å². The average molecular weight is 290 g/mol. The van der Waals surface area contributed by atoms with Crippen molar-refractivity contribution in [3.05, 3.63) is 11.4 Å². The molecule has 4 heteroatoms. The van der Waals surface area contributed by atoms with Crippen LogP contribution in [0.3, 0.4) is 0 Å². The van der Waals surface area contributed by atoms with Crippen molar-refractivity contribution in [3.63, 3.8) is 0 Å². The molecule has 2 atom stereocenters. The minimum absolute atomic E-state index is 0.336. The Morgan fingerprint density at radius 2 is 1.57 bits per heavy atom. The van der Waals surface area contributed by atoms with Gasteiger partial charge in [-0.3, -0.25) is 0 Å². The number of anilines is 2. The first-order chi connectivity index (χ1) is 9.90. The zero-order chi connectivity index (χ0) is 15.6. The molecule has 0 radical (unpaired) electrons. The van der Waals surface area contributed by atoms with E-state index in [0.29, 0.717) is 12.0 Å². The highest BCUT2D eigenvalue weighted by Gasteiger charge is 2.25. The summed E-state index contributed by atoms with van der Waals surface area (Å²) in [5, 5.41) is 6.88. The number of aromatic nitrogens is 2. The van der Waals surface area contributed by atoms with Crippen LogP contribution in [-0.2, 0) is 0 Å². The van der Waals surface area contributed by atoms with Gasteiger partial charge in [-0.2, -0.15) is 0 Å². The van der Waals surface area contributed by atoms with Gasteiger partial charge in [-0.15, -0.1) is 0 Å². The van der Waals surface area contributed by atoms with Crippen molar-refractivity contribution < 1.29 is 0 Å². The Kier molecular flexibility index (Phi) is 5.07. The van der Waals surface area contributed by atoms with Crippen LogP contribution in [0.1, 0.15) is 64.3 Å². The van der Waals surface area contributed by atoms with E-state index in [4.69, 9.17) is 4.98 Å². The van der Waals surface area contributed by atoms with Crippen molar-refractivity contribution >= 4 is 11.6 Å². The van der Waals surface area contributed by atoms with Gasteiger partial charge in [-0.25, -0.2) is 9.97 Å². The molecule has 21 heavy (non-hydrogen) atoms. The van der Waals surface area contributed by atoms with E-state index in [-0.39, 0.29) is 0 Å². The van der Waals surface area contributed by atoms with Crippen molar-refractivity contribution in [3.8, 4) is 0 Å². The monoisotopic (exact) mass is 290 g/mol. The Hall–Kier alpha value is -1.32. The van der Waals surface area contributed by atoms with Crippen LogP contribution in [0.25, 0.3) is 0 Å². The van der Waals surface area contributed by atoms with Gasteiger partial charge < -0.3 is 10.6 Å². The van der Waals surface area contributed by atoms with Gasteiger partial charge in [-0.1, -0.05) is 27.7 Å². The van der Waals surface area contributed by atoms with Crippen LogP contribution in [0, 0.1) is 18.8 Å². The fourth-order valence-corrected chi connectivity index (χ4v) is 3.43. The van der Waals surface area contributed by atoms with Gasteiger partial charge >= 0.3 is 0 Å². The second kappa shape index (κ2) is 6.63. The summed E-state index contributed by atoms with van der Waals surface area (Å²) in [4.78, 5) is 9.37. The lowest BCUT2D eigenvalue weighted by atomic mass is 9.80. The molecule has 0 aliphatic heterocycles. The molecule has 0 spiro atoms. The number of hydrogen-bond donors (Lipinski definition) is 2. The van der Waals surface area contributed by atoms with E-state index in [0.717, 1.165) is 34.9 Å². The van der Waals surface area contributed by atoms with Gasteiger partial charge in [0.1, 0.15) is 17.5 Å². The van der Waals surface area contributed by atoms with E-state index >= 15 is 0 Å². The molecule has 1 aliphatic rings. The minimum Gasteiger partial charge on any atom is -0.373 e. The van der Waals surface area contributed by atoms with Gasteiger partial charge in [-0.05, 0) is 38.0 Å². The lowest BCUT2D eigenvalue weighted by molar-refractivity contribution is 0.280. The second-order valence-corrected chi connectivity index (χ2v) is 7.07. The predicted molar refractivity (Wildman–Crippen MR) is 90.0 cm³/mol. The van der Waals surface area contributed by atoms with Crippen molar-refractivity contribution in [2.75, 3.05) is 17.7 Å². The first kappa shape index (κ1) is 16.1. The van der Waals surface area contributed by atoms with Crippen molar-refractivity contribution in [1.29, 1.82) is 0 Å². The van der Waals surface area contributed by atoms with Crippen molar-refractivity contribution in [1.82, 2.24) is 9.97 Å². The van der Waals surface area contributed by atoms with E-state index < -0.39 is 0 Å². The van der Waals surface area contributed by atoms with Crippen LogP contribution < -0.4 is 10.6 Å². The first-order valence-corrected chi connectivity index (χ1v) is 8.23. The maximum Gasteiger partial charge on any atom is 0.135 e. The highest BCUT2D eigenvalue weighted by Crippen LogP contribution is 2.31. The molecule has 1 fully saturated rings. The molecule has 2 rings (SSSR count). The Labute approximate surface area is 129 Å². The molecule has 2 unspecified atom stereocenters. The number of nitrogens with zero attached hydrogens (tertiary/aromatic N) is 2. The lowest BCUT2D eigenvalue weighted by Crippen LogP contribution is -2.31. The highest BCUT2D eigenvalue weighted by atomic mass is 15.1. The summed E-state index contributed by atoms with van der Waals surface area (Å²) in [6.07, 6.45) is 3.82. The normalized spacial score (nSPS) is 26.0. The van der Waals surface area contributed by atoms with E-state index in [1.54, 1.807) is 0 Å². The second-order valence-electron chi connectivity index (χ2n) is 7.07. The standard InChI is InChI=1S/C17H30N4/c1-10(2)15-20-16(18-6)13(5)17(21-15)19-14-8-11(3)7-12(4)9-14/h10-12,14H,7-9H2,1-6H3,(H2,18,19,20,21). The molecule has 0 bridgehead atoms. The summed E-state index contributed by atoms with van der Waals surface area (Å²) in [5.74, 6) is 4.77. The third-order valence-corrected chi connectivity index (χ3v) is 4.44. The SMILES string of the molecule is CNc1nc(C(C)C)nc(NC2CC(C)CC(C)C2)c1C. The average Bonchev–Trinajstić information content (AvgIpc) is 2.39. The summed E-state index contributed by atoms with van der Waals surface area (Å²) < 4.78 is 0. The maximum absolute atomic E-state index is 4.76. The van der Waals surface area contributed by atoms with Gasteiger partial charge in [0.2, 0.25) is 0 Å². The molecule has 0 aromatic carbocycles. The van der Waals surface area contributed by atoms with Crippen LogP contribution in [-0.4, -0.2) is 23.1 Å².